The lowest BCUT2D eigenvalue weighted by Crippen LogP contribution is -2.21. The van der Waals surface area contributed by atoms with Crippen LogP contribution in [0.3, 0.4) is 0 Å². The van der Waals surface area contributed by atoms with Gasteiger partial charge in [-0.05, 0) is 18.9 Å². The van der Waals surface area contributed by atoms with Crippen molar-refractivity contribution in [1.82, 2.24) is 5.43 Å². The molecule has 58 valence electrons. The Hall–Kier alpha value is -0.760. The predicted molar refractivity (Wildman–Crippen MR) is 45.1 cm³/mol. The molecule has 2 nitrogen and oxygen atoms in total. The molecule has 0 spiro atoms. The molecule has 1 rings (SSSR count). The van der Waals surface area contributed by atoms with Crippen LogP contribution < -0.4 is 11.3 Å². The molecule has 0 amide bonds. The summed E-state index contributed by atoms with van der Waals surface area (Å²) in [5.41, 5.74) is 3.73. The first-order valence-electron chi connectivity index (χ1n) is 3.76. The molecule has 0 aromatic heterocycles. The number of nitrogens with one attached hydrogen (secondary N) is 1. The van der Waals surface area contributed by atoms with E-state index in [1.54, 1.807) is 0 Å². The van der Waals surface area contributed by atoms with Crippen molar-refractivity contribution in [3.63, 3.8) is 0 Å². The molecule has 0 saturated heterocycles. The molecule has 1 aliphatic carbocycles. The van der Waals surface area contributed by atoms with E-state index in [1.807, 2.05) is 26.0 Å². The molecule has 0 radical (unpaired) electrons. The molecule has 2 heteroatoms. The fourth-order valence-corrected chi connectivity index (χ4v) is 0.723. The van der Waals surface area contributed by atoms with Crippen molar-refractivity contribution < 1.29 is 0 Å². The molecule has 0 bridgehead atoms. The fraction of sp³-hybridized carbons (Fsp3) is 0.500. The number of nitrogens with two attached hydrogens (primary N) is 1. The van der Waals surface area contributed by atoms with E-state index in [0.717, 1.165) is 18.5 Å². The van der Waals surface area contributed by atoms with Crippen LogP contribution in [0.25, 0.3) is 0 Å². The van der Waals surface area contributed by atoms with Gasteiger partial charge in [-0.1, -0.05) is 26.0 Å². The lowest BCUT2D eigenvalue weighted by atomic mass is 10.1. The standard InChI is InChI=1S/C6H10N2.C2H6/c7-8-6-4-2-1-3-5-6;1-2/h1-2,4,8H,3,5,7H2;1-2H3. The molecule has 0 saturated carbocycles. The number of hydrogen-bond acceptors (Lipinski definition) is 2. The second-order valence-corrected chi connectivity index (χ2v) is 1.80. The Labute approximate surface area is 62.8 Å². The van der Waals surface area contributed by atoms with Gasteiger partial charge in [0.05, 0.1) is 0 Å². The van der Waals surface area contributed by atoms with E-state index in [0.29, 0.717) is 0 Å². The van der Waals surface area contributed by atoms with Gasteiger partial charge in [0, 0.05) is 5.70 Å². The van der Waals surface area contributed by atoms with Gasteiger partial charge in [0.1, 0.15) is 0 Å². The highest BCUT2D eigenvalue weighted by Gasteiger charge is 1.93. The van der Waals surface area contributed by atoms with Crippen molar-refractivity contribution in [2.24, 2.45) is 5.84 Å². The van der Waals surface area contributed by atoms with Gasteiger partial charge in [0.25, 0.3) is 0 Å². The number of hydrazine groups is 1. The van der Waals surface area contributed by atoms with E-state index >= 15 is 0 Å². The quantitative estimate of drug-likeness (QED) is 0.430. The summed E-state index contributed by atoms with van der Waals surface area (Å²) in [6, 6.07) is 0. The van der Waals surface area contributed by atoms with Gasteiger partial charge in [0.15, 0.2) is 0 Å². The molecule has 0 fully saturated rings. The summed E-state index contributed by atoms with van der Waals surface area (Å²) in [7, 11) is 0. The molecule has 1 aliphatic rings. The second kappa shape index (κ2) is 6.36. The van der Waals surface area contributed by atoms with Crippen molar-refractivity contribution in [2.45, 2.75) is 26.7 Å². The normalized spacial score (nSPS) is 14.9. The van der Waals surface area contributed by atoms with Crippen LogP contribution in [0.4, 0.5) is 0 Å². The zero-order chi connectivity index (χ0) is 7.82. The molecule has 0 heterocycles. The van der Waals surface area contributed by atoms with E-state index in [-0.39, 0.29) is 0 Å². The average molecular weight is 140 g/mol. The number of hydrogen-bond donors (Lipinski definition) is 2. The van der Waals surface area contributed by atoms with Crippen LogP contribution in [-0.4, -0.2) is 0 Å². The summed E-state index contributed by atoms with van der Waals surface area (Å²) in [6.07, 6.45) is 8.28. The third-order valence-electron chi connectivity index (χ3n) is 1.20. The minimum atomic E-state index is 1.05. The van der Waals surface area contributed by atoms with E-state index in [4.69, 9.17) is 5.84 Å². The summed E-state index contributed by atoms with van der Waals surface area (Å²) in [5.74, 6) is 5.15. The van der Waals surface area contributed by atoms with Gasteiger partial charge in [-0.15, -0.1) is 0 Å². The number of rotatable bonds is 1. The van der Waals surface area contributed by atoms with E-state index in [9.17, 15) is 0 Å². The van der Waals surface area contributed by atoms with Crippen LogP contribution in [0, 0.1) is 0 Å². The molecule has 0 atom stereocenters. The van der Waals surface area contributed by atoms with Crippen molar-refractivity contribution in [3.05, 3.63) is 23.9 Å². The molecule has 0 aromatic rings. The summed E-state index contributed by atoms with van der Waals surface area (Å²) in [6.45, 7) is 4.00. The summed E-state index contributed by atoms with van der Waals surface area (Å²) >= 11 is 0. The van der Waals surface area contributed by atoms with Crippen molar-refractivity contribution in [3.8, 4) is 0 Å². The van der Waals surface area contributed by atoms with E-state index in [2.05, 4.69) is 11.5 Å². The van der Waals surface area contributed by atoms with Gasteiger partial charge >= 0.3 is 0 Å². The maximum Gasteiger partial charge on any atom is 0.0262 e. The molecule has 0 unspecified atom stereocenters. The monoisotopic (exact) mass is 140 g/mol. The van der Waals surface area contributed by atoms with E-state index < -0.39 is 0 Å². The Morgan fingerprint density at radius 1 is 1.50 bits per heavy atom. The van der Waals surface area contributed by atoms with Crippen LogP contribution in [0.1, 0.15) is 26.7 Å². The Kier molecular flexibility index (Phi) is 5.88. The molecule has 10 heavy (non-hydrogen) atoms. The number of allylic oxidation sites excluding steroid dienone is 4. The Morgan fingerprint density at radius 3 is 2.50 bits per heavy atom. The van der Waals surface area contributed by atoms with Gasteiger partial charge in [-0.2, -0.15) is 0 Å². The lowest BCUT2D eigenvalue weighted by molar-refractivity contribution is 0.789. The predicted octanol–water partition coefficient (Wildman–Crippen LogP) is 1.71. The topological polar surface area (TPSA) is 38.0 Å². The van der Waals surface area contributed by atoms with Gasteiger partial charge in [-0.3, -0.25) is 5.84 Å². The molecule has 3 N–H and O–H groups in total. The fourth-order valence-electron chi connectivity index (χ4n) is 0.723. The van der Waals surface area contributed by atoms with Crippen molar-refractivity contribution in [2.75, 3.05) is 0 Å². The summed E-state index contributed by atoms with van der Waals surface area (Å²) in [4.78, 5) is 0. The highest BCUT2D eigenvalue weighted by Crippen LogP contribution is 2.06. The maximum atomic E-state index is 5.15. The maximum absolute atomic E-state index is 5.15. The molecular weight excluding hydrogens is 124 g/mol. The average Bonchev–Trinajstić information content (AvgIpc) is 2.10. The first-order valence-corrected chi connectivity index (χ1v) is 3.76. The lowest BCUT2D eigenvalue weighted by Gasteiger charge is -2.05. The molecule has 0 aromatic carbocycles. The minimum absolute atomic E-state index is 1.05. The highest BCUT2D eigenvalue weighted by atomic mass is 15.2. The Balaban J connectivity index is 0.000000371. The van der Waals surface area contributed by atoms with E-state index in [1.165, 1.54) is 0 Å². The second-order valence-electron chi connectivity index (χ2n) is 1.80. The highest BCUT2D eigenvalue weighted by molar-refractivity contribution is 5.15. The summed E-state index contributed by atoms with van der Waals surface area (Å²) in [5, 5.41) is 0. The third kappa shape index (κ3) is 3.30. The SMILES string of the molecule is CC.NNC1=CC=CCC1. The Bertz CT molecular complexity index is 125. The van der Waals surface area contributed by atoms with Crippen LogP contribution in [0.2, 0.25) is 0 Å². The van der Waals surface area contributed by atoms with Gasteiger partial charge < -0.3 is 5.43 Å². The first kappa shape index (κ1) is 9.24. The van der Waals surface area contributed by atoms with Crippen LogP contribution in [0.15, 0.2) is 23.9 Å². The van der Waals surface area contributed by atoms with Crippen LogP contribution in [-0.2, 0) is 0 Å². The first-order chi connectivity index (χ1) is 4.93. The molecule has 0 aliphatic heterocycles. The smallest absolute Gasteiger partial charge is 0.0262 e. The summed E-state index contributed by atoms with van der Waals surface area (Å²) < 4.78 is 0. The third-order valence-corrected chi connectivity index (χ3v) is 1.20. The largest absolute Gasteiger partial charge is 0.328 e. The van der Waals surface area contributed by atoms with Crippen molar-refractivity contribution in [1.29, 1.82) is 0 Å². The van der Waals surface area contributed by atoms with Gasteiger partial charge in [0.2, 0.25) is 0 Å². The zero-order valence-corrected chi connectivity index (χ0v) is 6.72. The van der Waals surface area contributed by atoms with Crippen LogP contribution >= 0.6 is 0 Å². The van der Waals surface area contributed by atoms with Crippen molar-refractivity contribution >= 4 is 0 Å². The zero-order valence-electron chi connectivity index (χ0n) is 6.72. The minimum Gasteiger partial charge on any atom is -0.328 e. The Morgan fingerprint density at radius 2 is 2.20 bits per heavy atom. The van der Waals surface area contributed by atoms with Gasteiger partial charge in [-0.25, -0.2) is 0 Å². The molecular formula is C8H16N2. The van der Waals surface area contributed by atoms with Crippen LogP contribution in [0.5, 0.6) is 0 Å².